The van der Waals surface area contributed by atoms with Gasteiger partial charge in [-0.15, -0.1) is 23.7 Å². The van der Waals surface area contributed by atoms with Gasteiger partial charge in [-0.05, 0) is 37.7 Å². The molecule has 1 saturated heterocycles. The summed E-state index contributed by atoms with van der Waals surface area (Å²) in [6, 6.07) is 0.241. The number of thiophene rings is 1. The molecule has 4 rings (SSSR count). The number of amides is 1. The van der Waals surface area contributed by atoms with E-state index in [0.717, 1.165) is 61.2 Å². The van der Waals surface area contributed by atoms with Crippen LogP contribution in [-0.4, -0.2) is 45.7 Å². The lowest BCUT2D eigenvalue weighted by Crippen LogP contribution is -2.42. The SMILES string of the molecule is Cl.NC1CCN(C(=O)CCSCc2nc3sc4c(c3c(=O)[nH]2)CCC4)CC1. The molecular formula is C18H25ClN4O2S2. The first-order chi connectivity index (χ1) is 12.6. The predicted molar refractivity (Wildman–Crippen MR) is 114 cm³/mol. The second-order valence-corrected chi connectivity index (χ2v) is 9.26. The number of carbonyl (C=O) groups excluding carboxylic acids is 1. The highest BCUT2D eigenvalue weighted by Gasteiger charge is 2.22. The topological polar surface area (TPSA) is 92.1 Å². The van der Waals surface area contributed by atoms with Crippen molar-refractivity contribution in [3.8, 4) is 0 Å². The van der Waals surface area contributed by atoms with E-state index in [1.807, 2.05) is 4.90 Å². The summed E-state index contributed by atoms with van der Waals surface area (Å²) in [5.41, 5.74) is 7.09. The first kappa shape index (κ1) is 20.6. The molecule has 1 aliphatic carbocycles. The number of fused-ring (bicyclic) bond motifs is 3. The molecule has 0 aromatic carbocycles. The fourth-order valence-corrected chi connectivity index (χ4v) is 5.82. The van der Waals surface area contributed by atoms with Crippen molar-refractivity contribution >= 4 is 51.6 Å². The lowest BCUT2D eigenvalue weighted by molar-refractivity contribution is -0.131. The number of piperidine rings is 1. The average molecular weight is 429 g/mol. The van der Waals surface area contributed by atoms with E-state index in [4.69, 9.17) is 5.73 Å². The number of halogens is 1. The van der Waals surface area contributed by atoms with Gasteiger partial charge in [-0.1, -0.05) is 0 Å². The Labute approximate surface area is 172 Å². The van der Waals surface area contributed by atoms with E-state index < -0.39 is 0 Å². The van der Waals surface area contributed by atoms with Gasteiger partial charge in [0, 0.05) is 36.2 Å². The van der Waals surface area contributed by atoms with Gasteiger partial charge in [-0.2, -0.15) is 11.8 Å². The molecule has 0 spiro atoms. The van der Waals surface area contributed by atoms with E-state index in [9.17, 15) is 9.59 Å². The first-order valence-electron chi connectivity index (χ1n) is 9.26. The number of nitrogens with zero attached hydrogens (tertiary/aromatic N) is 2. The summed E-state index contributed by atoms with van der Waals surface area (Å²) in [4.78, 5) is 36.3. The van der Waals surface area contributed by atoms with Gasteiger partial charge in [0.1, 0.15) is 10.7 Å². The van der Waals surface area contributed by atoms with Crippen LogP contribution in [0, 0.1) is 0 Å². The monoisotopic (exact) mass is 428 g/mol. The van der Waals surface area contributed by atoms with Crippen molar-refractivity contribution < 1.29 is 4.79 Å². The Morgan fingerprint density at radius 1 is 1.33 bits per heavy atom. The predicted octanol–water partition coefficient (Wildman–Crippen LogP) is 2.47. The van der Waals surface area contributed by atoms with Crippen LogP contribution >= 0.6 is 35.5 Å². The molecule has 0 atom stereocenters. The molecule has 3 N–H and O–H groups in total. The number of aryl methyl sites for hydroxylation is 2. The van der Waals surface area contributed by atoms with Crippen LogP contribution < -0.4 is 11.3 Å². The number of hydrogen-bond donors (Lipinski definition) is 2. The smallest absolute Gasteiger partial charge is 0.259 e. The molecule has 1 amide bonds. The Kier molecular flexibility index (Phi) is 6.83. The molecule has 148 valence electrons. The Balaban J connectivity index is 0.00000210. The quantitative estimate of drug-likeness (QED) is 0.713. The number of thioether (sulfide) groups is 1. The molecular weight excluding hydrogens is 404 g/mol. The van der Waals surface area contributed by atoms with Crippen LogP contribution in [0.25, 0.3) is 10.2 Å². The van der Waals surface area contributed by atoms with Gasteiger partial charge in [0.2, 0.25) is 5.91 Å². The fraction of sp³-hybridized carbons (Fsp3) is 0.611. The number of nitrogens with one attached hydrogen (secondary N) is 1. The molecule has 2 aliphatic rings. The summed E-state index contributed by atoms with van der Waals surface area (Å²) >= 11 is 3.31. The van der Waals surface area contributed by atoms with Crippen LogP contribution in [0.2, 0.25) is 0 Å². The lowest BCUT2D eigenvalue weighted by atomic mass is 10.1. The molecule has 6 nitrogen and oxygen atoms in total. The highest BCUT2D eigenvalue weighted by molar-refractivity contribution is 7.98. The number of nitrogens with two attached hydrogens (primary N) is 1. The third-order valence-electron chi connectivity index (χ3n) is 5.22. The lowest BCUT2D eigenvalue weighted by Gasteiger charge is -2.30. The highest BCUT2D eigenvalue weighted by Crippen LogP contribution is 2.34. The molecule has 27 heavy (non-hydrogen) atoms. The first-order valence-corrected chi connectivity index (χ1v) is 11.2. The maximum atomic E-state index is 12.4. The van der Waals surface area contributed by atoms with E-state index in [1.54, 1.807) is 23.1 Å². The minimum Gasteiger partial charge on any atom is -0.343 e. The minimum atomic E-state index is -0.00858. The van der Waals surface area contributed by atoms with Crippen molar-refractivity contribution in [3.05, 3.63) is 26.6 Å². The zero-order chi connectivity index (χ0) is 18.1. The fourth-order valence-electron chi connectivity index (χ4n) is 3.75. The average Bonchev–Trinajstić information content (AvgIpc) is 3.19. The minimum absolute atomic E-state index is 0. The maximum Gasteiger partial charge on any atom is 0.259 e. The zero-order valence-electron chi connectivity index (χ0n) is 15.2. The van der Waals surface area contributed by atoms with Crippen LogP contribution in [0.1, 0.15) is 41.9 Å². The third-order valence-corrected chi connectivity index (χ3v) is 7.37. The highest BCUT2D eigenvalue weighted by atomic mass is 35.5. The van der Waals surface area contributed by atoms with Gasteiger partial charge in [-0.25, -0.2) is 4.98 Å². The summed E-state index contributed by atoms with van der Waals surface area (Å²) in [7, 11) is 0. The van der Waals surface area contributed by atoms with Crippen LogP contribution in [-0.2, 0) is 23.4 Å². The Morgan fingerprint density at radius 3 is 2.89 bits per heavy atom. The second-order valence-electron chi connectivity index (χ2n) is 7.07. The van der Waals surface area contributed by atoms with Crippen LogP contribution in [0.4, 0.5) is 0 Å². The van der Waals surface area contributed by atoms with Crippen molar-refractivity contribution in [3.63, 3.8) is 0 Å². The molecule has 0 bridgehead atoms. The van der Waals surface area contributed by atoms with E-state index in [2.05, 4.69) is 9.97 Å². The molecule has 2 aromatic rings. The Hall–Kier alpha value is -1.09. The van der Waals surface area contributed by atoms with E-state index in [1.165, 1.54) is 10.4 Å². The number of hydrogen-bond acceptors (Lipinski definition) is 6. The van der Waals surface area contributed by atoms with Crippen molar-refractivity contribution in [2.45, 2.75) is 50.3 Å². The van der Waals surface area contributed by atoms with Crippen LogP contribution in [0.3, 0.4) is 0 Å². The zero-order valence-corrected chi connectivity index (χ0v) is 17.6. The summed E-state index contributed by atoms with van der Waals surface area (Å²) in [5, 5.41) is 0.801. The molecule has 9 heteroatoms. The molecule has 1 fully saturated rings. The van der Waals surface area contributed by atoms with E-state index in [0.29, 0.717) is 18.0 Å². The second kappa shape index (κ2) is 8.94. The van der Waals surface area contributed by atoms with Crippen molar-refractivity contribution in [1.82, 2.24) is 14.9 Å². The molecule has 0 saturated carbocycles. The van der Waals surface area contributed by atoms with Crippen molar-refractivity contribution in [2.24, 2.45) is 5.73 Å². The third kappa shape index (κ3) is 4.50. The molecule has 1 aliphatic heterocycles. The Morgan fingerprint density at radius 2 is 2.11 bits per heavy atom. The number of aromatic nitrogens is 2. The van der Waals surface area contributed by atoms with Crippen molar-refractivity contribution in [1.29, 1.82) is 0 Å². The van der Waals surface area contributed by atoms with Gasteiger partial charge in [0.15, 0.2) is 0 Å². The number of carbonyl (C=O) groups is 1. The van der Waals surface area contributed by atoms with Gasteiger partial charge in [0.05, 0.1) is 11.1 Å². The van der Waals surface area contributed by atoms with E-state index >= 15 is 0 Å². The summed E-state index contributed by atoms with van der Waals surface area (Å²) in [6.45, 7) is 1.55. The van der Waals surface area contributed by atoms with Crippen molar-refractivity contribution in [2.75, 3.05) is 18.8 Å². The number of H-pyrrole nitrogens is 1. The summed E-state index contributed by atoms with van der Waals surface area (Å²) in [6.07, 6.45) is 5.54. The van der Waals surface area contributed by atoms with Gasteiger partial charge < -0.3 is 15.6 Å². The normalized spacial score (nSPS) is 17.1. The number of likely N-dealkylation sites (tertiary alicyclic amines) is 1. The standard InChI is InChI=1S/C18H24N4O2S2.ClH/c19-11-4-7-22(8-5-11)15(23)6-9-25-10-14-20-17(24)16-12-2-1-3-13(12)26-18(16)21-14;/h11H,1-10,19H2,(H,20,21,24);1H. The number of rotatable bonds is 5. The maximum absolute atomic E-state index is 12.4. The summed E-state index contributed by atoms with van der Waals surface area (Å²) in [5.74, 6) is 2.29. The summed E-state index contributed by atoms with van der Waals surface area (Å²) < 4.78 is 0. The Bertz CT molecular complexity index is 874. The molecule has 0 radical (unpaired) electrons. The van der Waals surface area contributed by atoms with Crippen LogP contribution in [0.5, 0.6) is 0 Å². The molecule has 3 heterocycles. The van der Waals surface area contributed by atoms with Gasteiger partial charge in [-0.3, -0.25) is 9.59 Å². The van der Waals surface area contributed by atoms with Crippen LogP contribution in [0.15, 0.2) is 4.79 Å². The number of aromatic amines is 1. The van der Waals surface area contributed by atoms with Gasteiger partial charge >= 0.3 is 0 Å². The van der Waals surface area contributed by atoms with Gasteiger partial charge in [0.25, 0.3) is 5.56 Å². The molecule has 0 unspecified atom stereocenters. The molecule has 2 aromatic heterocycles. The largest absolute Gasteiger partial charge is 0.343 e. The van der Waals surface area contributed by atoms with E-state index in [-0.39, 0.29) is 29.9 Å².